The Balaban J connectivity index is 2.03. The quantitative estimate of drug-likeness (QED) is 0.847. The van der Waals surface area contributed by atoms with Crippen molar-refractivity contribution >= 4 is 21.7 Å². The van der Waals surface area contributed by atoms with Crippen molar-refractivity contribution in [2.75, 3.05) is 32.1 Å². The summed E-state index contributed by atoms with van der Waals surface area (Å²) in [6.07, 6.45) is 5.97. The lowest BCUT2D eigenvalue weighted by Gasteiger charge is -2.26. The van der Waals surface area contributed by atoms with Crippen LogP contribution in [-0.2, 0) is 0 Å². The molecule has 0 saturated carbocycles. The van der Waals surface area contributed by atoms with Crippen molar-refractivity contribution in [3.8, 4) is 0 Å². The van der Waals surface area contributed by atoms with E-state index in [0.717, 1.165) is 16.8 Å². The summed E-state index contributed by atoms with van der Waals surface area (Å²) in [5.74, 6) is 0.968. The molecule has 88 valence electrons. The van der Waals surface area contributed by atoms with Gasteiger partial charge in [0.15, 0.2) is 0 Å². The highest BCUT2D eigenvalue weighted by molar-refractivity contribution is 9.10. The van der Waals surface area contributed by atoms with Gasteiger partial charge in [-0.25, -0.2) is 9.97 Å². The summed E-state index contributed by atoms with van der Waals surface area (Å²) in [6, 6.07) is 0.645. The van der Waals surface area contributed by atoms with Crippen LogP contribution in [0.15, 0.2) is 17.0 Å². The van der Waals surface area contributed by atoms with Gasteiger partial charge in [-0.15, -0.1) is 0 Å². The van der Waals surface area contributed by atoms with E-state index in [0.29, 0.717) is 6.04 Å². The standard InChI is InChI=1S/C11H17BrN4/c1-15-5-3-4-9(15)7-16(2)11-10(12)6-13-8-14-11/h6,8-9H,3-5,7H2,1-2H3. The molecule has 1 aliphatic rings. The molecule has 1 aromatic rings. The van der Waals surface area contributed by atoms with Crippen molar-refractivity contribution in [1.82, 2.24) is 14.9 Å². The monoisotopic (exact) mass is 284 g/mol. The number of likely N-dealkylation sites (N-methyl/N-ethyl adjacent to an activating group) is 2. The zero-order valence-corrected chi connectivity index (χ0v) is 11.3. The van der Waals surface area contributed by atoms with Crippen molar-refractivity contribution in [2.45, 2.75) is 18.9 Å². The molecule has 2 rings (SSSR count). The summed E-state index contributed by atoms with van der Waals surface area (Å²) in [7, 11) is 4.28. The summed E-state index contributed by atoms with van der Waals surface area (Å²) in [6.45, 7) is 2.23. The van der Waals surface area contributed by atoms with Gasteiger partial charge in [-0.3, -0.25) is 0 Å². The van der Waals surface area contributed by atoms with Crippen LogP contribution in [0.5, 0.6) is 0 Å². The van der Waals surface area contributed by atoms with E-state index in [9.17, 15) is 0 Å². The van der Waals surface area contributed by atoms with Crippen LogP contribution in [0.3, 0.4) is 0 Å². The molecule has 1 saturated heterocycles. The number of likely N-dealkylation sites (tertiary alicyclic amines) is 1. The lowest BCUT2D eigenvalue weighted by molar-refractivity contribution is 0.314. The molecule has 0 aromatic carbocycles. The molecule has 1 unspecified atom stereocenters. The van der Waals surface area contributed by atoms with Crippen LogP contribution in [0.25, 0.3) is 0 Å². The molecule has 0 spiro atoms. The minimum Gasteiger partial charge on any atom is -0.357 e. The Bertz CT molecular complexity index is 358. The second kappa shape index (κ2) is 5.10. The van der Waals surface area contributed by atoms with Crippen LogP contribution in [0, 0.1) is 0 Å². The van der Waals surface area contributed by atoms with Gasteiger partial charge in [-0.1, -0.05) is 0 Å². The SMILES string of the molecule is CN(CC1CCCN1C)c1ncncc1Br. The highest BCUT2D eigenvalue weighted by atomic mass is 79.9. The van der Waals surface area contributed by atoms with Gasteiger partial charge in [0.2, 0.25) is 0 Å². The van der Waals surface area contributed by atoms with Crippen LogP contribution in [0.2, 0.25) is 0 Å². The Morgan fingerprint density at radius 1 is 1.62 bits per heavy atom. The average molecular weight is 285 g/mol. The highest BCUT2D eigenvalue weighted by Crippen LogP contribution is 2.23. The lowest BCUT2D eigenvalue weighted by Crippen LogP contribution is -2.37. The third kappa shape index (κ3) is 2.52. The van der Waals surface area contributed by atoms with E-state index in [1.54, 1.807) is 12.5 Å². The number of hydrogen-bond donors (Lipinski definition) is 0. The molecule has 1 aromatic heterocycles. The van der Waals surface area contributed by atoms with Crippen molar-refractivity contribution in [3.63, 3.8) is 0 Å². The molecule has 4 nitrogen and oxygen atoms in total. The molecule has 5 heteroatoms. The van der Waals surface area contributed by atoms with Gasteiger partial charge in [0.1, 0.15) is 12.1 Å². The molecule has 1 fully saturated rings. The number of nitrogens with zero attached hydrogens (tertiary/aromatic N) is 4. The second-order valence-electron chi connectivity index (χ2n) is 4.35. The molecule has 0 amide bonds. The highest BCUT2D eigenvalue weighted by Gasteiger charge is 2.23. The molecule has 1 atom stereocenters. The Kier molecular flexibility index (Phi) is 3.76. The first-order valence-electron chi connectivity index (χ1n) is 5.55. The number of aromatic nitrogens is 2. The predicted octanol–water partition coefficient (Wildman–Crippen LogP) is 1.77. The van der Waals surface area contributed by atoms with Crippen LogP contribution >= 0.6 is 15.9 Å². The number of anilines is 1. The van der Waals surface area contributed by atoms with E-state index in [4.69, 9.17) is 0 Å². The Hall–Kier alpha value is -0.680. The maximum atomic E-state index is 4.29. The van der Waals surface area contributed by atoms with Gasteiger partial charge < -0.3 is 9.80 Å². The third-order valence-corrected chi connectivity index (χ3v) is 3.73. The van der Waals surface area contributed by atoms with Crippen LogP contribution in [-0.4, -0.2) is 48.1 Å². The van der Waals surface area contributed by atoms with Crippen molar-refractivity contribution in [3.05, 3.63) is 17.0 Å². The van der Waals surface area contributed by atoms with Crippen LogP contribution in [0.1, 0.15) is 12.8 Å². The van der Waals surface area contributed by atoms with Crippen LogP contribution in [0.4, 0.5) is 5.82 Å². The van der Waals surface area contributed by atoms with Crippen molar-refractivity contribution in [2.24, 2.45) is 0 Å². The fourth-order valence-corrected chi connectivity index (χ4v) is 2.72. The molecule has 2 heterocycles. The van der Waals surface area contributed by atoms with Gasteiger partial charge >= 0.3 is 0 Å². The van der Waals surface area contributed by atoms with Crippen LogP contribution < -0.4 is 4.90 Å². The summed E-state index contributed by atoms with van der Waals surface area (Å²) in [4.78, 5) is 12.9. The summed E-state index contributed by atoms with van der Waals surface area (Å²) in [5, 5.41) is 0. The van der Waals surface area contributed by atoms with Gasteiger partial charge in [0, 0.05) is 25.8 Å². The zero-order valence-electron chi connectivity index (χ0n) is 9.73. The molecule has 0 N–H and O–H groups in total. The van der Waals surface area contributed by atoms with Crippen molar-refractivity contribution < 1.29 is 0 Å². The number of halogens is 1. The molecule has 0 aliphatic carbocycles. The fourth-order valence-electron chi connectivity index (χ4n) is 2.20. The zero-order chi connectivity index (χ0) is 11.5. The molecular weight excluding hydrogens is 268 g/mol. The Labute approximate surface area is 105 Å². The molecule has 0 radical (unpaired) electrons. The Morgan fingerprint density at radius 3 is 3.06 bits per heavy atom. The van der Waals surface area contributed by atoms with E-state index in [1.165, 1.54) is 19.4 Å². The maximum absolute atomic E-state index is 4.29. The Morgan fingerprint density at radius 2 is 2.44 bits per heavy atom. The minimum atomic E-state index is 0.645. The fraction of sp³-hybridized carbons (Fsp3) is 0.636. The summed E-state index contributed by atoms with van der Waals surface area (Å²) < 4.78 is 0.957. The van der Waals surface area contributed by atoms with Gasteiger partial charge in [-0.2, -0.15) is 0 Å². The van der Waals surface area contributed by atoms with E-state index >= 15 is 0 Å². The van der Waals surface area contributed by atoms with E-state index in [-0.39, 0.29) is 0 Å². The smallest absolute Gasteiger partial charge is 0.146 e. The first-order valence-corrected chi connectivity index (χ1v) is 6.34. The first-order chi connectivity index (χ1) is 7.68. The first kappa shape index (κ1) is 11.8. The number of hydrogen-bond acceptors (Lipinski definition) is 4. The normalized spacial score (nSPS) is 21.3. The van der Waals surface area contributed by atoms with Gasteiger partial charge in [-0.05, 0) is 42.4 Å². The molecule has 1 aliphatic heterocycles. The molecule has 0 bridgehead atoms. The minimum absolute atomic E-state index is 0.645. The predicted molar refractivity (Wildman–Crippen MR) is 68.7 cm³/mol. The van der Waals surface area contributed by atoms with Gasteiger partial charge in [0.25, 0.3) is 0 Å². The summed E-state index contributed by atoms with van der Waals surface area (Å²) in [5.41, 5.74) is 0. The van der Waals surface area contributed by atoms with E-state index in [1.807, 2.05) is 0 Å². The third-order valence-electron chi connectivity index (χ3n) is 3.17. The molecular formula is C11H17BrN4. The van der Waals surface area contributed by atoms with E-state index < -0.39 is 0 Å². The lowest BCUT2D eigenvalue weighted by atomic mass is 10.2. The van der Waals surface area contributed by atoms with E-state index in [2.05, 4.69) is 49.8 Å². The van der Waals surface area contributed by atoms with Gasteiger partial charge in [0.05, 0.1) is 4.47 Å². The number of rotatable bonds is 3. The largest absolute Gasteiger partial charge is 0.357 e. The maximum Gasteiger partial charge on any atom is 0.146 e. The topological polar surface area (TPSA) is 32.3 Å². The average Bonchev–Trinajstić information content (AvgIpc) is 2.65. The van der Waals surface area contributed by atoms with Crippen molar-refractivity contribution in [1.29, 1.82) is 0 Å². The molecule has 16 heavy (non-hydrogen) atoms. The second-order valence-corrected chi connectivity index (χ2v) is 5.21. The summed E-state index contributed by atoms with van der Waals surface area (Å²) >= 11 is 3.48.